The van der Waals surface area contributed by atoms with Crippen molar-refractivity contribution in [3.8, 4) is 11.5 Å². The number of thioether (sulfide) groups is 1. The maximum absolute atomic E-state index is 12.7. The second-order valence-corrected chi connectivity index (χ2v) is 6.64. The van der Waals surface area contributed by atoms with E-state index >= 15 is 0 Å². The van der Waals surface area contributed by atoms with Gasteiger partial charge in [-0.15, -0.1) is 0 Å². The van der Waals surface area contributed by atoms with Gasteiger partial charge in [-0.3, -0.25) is 14.4 Å². The summed E-state index contributed by atoms with van der Waals surface area (Å²) in [6.07, 6.45) is -0.0992. The van der Waals surface area contributed by atoms with Crippen LogP contribution < -0.4 is 14.4 Å². The number of likely N-dealkylation sites (N-methyl/N-ethyl adjacent to an activating group) is 1. The molecule has 1 fully saturated rings. The molecule has 1 aliphatic rings. The van der Waals surface area contributed by atoms with Crippen molar-refractivity contribution in [2.75, 3.05) is 38.8 Å². The fourth-order valence-corrected chi connectivity index (χ4v) is 3.61. The lowest BCUT2D eigenvalue weighted by molar-refractivity contribution is -0.133. The van der Waals surface area contributed by atoms with Gasteiger partial charge in [0.15, 0.2) is 0 Å². The third-order valence-electron chi connectivity index (χ3n) is 4.01. The van der Waals surface area contributed by atoms with Gasteiger partial charge in [0, 0.05) is 25.6 Å². The first-order chi connectivity index (χ1) is 12.5. The molecule has 1 aromatic rings. The Hall–Kier alpha value is -2.26. The highest BCUT2D eigenvalue weighted by molar-refractivity contribution is 8.15. The van der Waals surface area contributed by atoms with Gasteiger partial charge in [0.05, 0.1) is 26.5 Å². The number of anilines is 1. The topological polar surface area (TPSA) is 96.4 Å². The van der Waals surface area contributed by atoms with Crippen LogP contribution in [0.5, 0.6) is 11.5 Å². The van der Waals surface area contributed by atoms with Crippen LogP contribution in [0.3, 0.4) is 0 Å². The molecule has 0 spiro atoms. The summed E-state index contributed by atoms with van der Waals surface area (Å²) in [5.41, 5.74) is 0.313. The third-order valence-corrected chi connectivity index (χ3v) is 5.05. The monoisotopic (exact) mass is 382 g/mol. The molecule has 26 heavy (non-hydrogen) atoms. The lowest BCUT2D eigenvalue weighted by Crippen LogP contribution is -2.37. The minimum Gasteiger partial charge on any atom is -0.497 e. The van der Waals surface area contributed by atoms with Crippen molar-refractivity contribution >= 4 is 34.5 Å². The molecule has 3 amide bonds. The number of aliphatic hydroxyl groups is 1. The van der Waals surface area contributed by atoms with Crippen LogP contribution >= 0.6 is 11.8 Å². The van der Waals surface area contributed by atoms with Gasteiger partial charge >= 0.3 is 0 Å². The number of hydrogen-bond donors (Lipinski definition) is 1. The molecule has 1 aromatic carbocycles. The molecule has 0 radical (unpaired) electrons. The maximum Gasteiger partial charge on any atom is 0.293 e. The van der Waals surface area contributed by atoms with Gasteiger partial charge in [0.2, 0.25) is 11.8 Å². The minimum atomic E-state index is -0.797. The van der Waals surface area contributed by atoms with E-state index in [2.05, 4.69) is 0 Å². The highest BCUT2D eigenvalue weighted by atomic mass is 32.2. The number of methoxy groups -OCH3 is 2. The largest absolute Gasteiger partial charge is 0.497 e. The number of nitrogens with zero attached hydrogens (tertiary/aromatic N) is 2. The molecule has 0 aliphatic carbocycles. The summed E-state index contributed by atoms with van der Waals surface area (Å²) in [6, 6.07) is 4.78. The SMILES string of the molecule is CCN(CCO)C(=O)CC1SC(=O)N(c2ccc(OC)cc2OC)C1=O. The number of aliphatic hydroxyl groups excluding tert-OH is 1. The van der Waals surface area contributed by atoms with Crippen LogP contribution in [0, 0.1) is 0 Å². The van der Waals surface area contributed by atoms with E-state index in [-0.39, 0.29) is 25.5 Å². The van der Waals surface area contributed by atoms with Crippen LogP contribution in [-0.2, 0) is 9.59 Å². The molecule has 1 unspecified atom stereocenters. The summed E-state index contributed by atoms with van der Waals surface area (Å²) in [6.45, 7) is 2.26. The Labute approximate surface area is 156 Å². The summed E-state index contributed by atoms with van der Waals surface area (Å²) in [4.78, 5) is 39.9. The van der Waals surface area contributed by atoms with Crippen molar-refractivity contribution in [3.63, 3.8) is 0 Å². The summed E-state index contributed by atoms with van der Waals surface area (Å²) in [5, 5.41) is 7.76. The number of carbonyl (C=O) groups excluding carboxylic acids is 3. The molecule has 1 heterocycles. The average Bonchev–Trinajstić information content (AvgIpc) is 2.92. The van der Waals surface area contributed by atoms with Crippen molar-refractivity contribution in [1.29, 1.82) is 0 Å². The molecule has 1 atom stereocenters. The fraction of sp³-hybridized carbons (Fsp3) is 0.471. The van der Waals surface area contributed by atoms with Gasteiger partial charge < -0.3 is 19.5 Å². The van der Waals surface area contributed by atoms with Gasteiger partial charge in [-0.25, -0.2) is 4.90 Å². The van der Waals surface area contributed by atoms with E-state index < -0.39 is 16.4 Å². The second-order valence-electron chi connectivity index (χ2n) is 5.48. The van der Waals surface area contributed by atoms with Crippen LogP contribution in [-0.4, -0.2) is 66.2 Å². The number of hydrogen-bond acceptors (Lipinski definition) is 7. The Morgan fingerprint density at radius 3 is 2.62 bits per heavy atom. The van der Waals surface area contributed by atoms with Crippen molar-refractivity contribution in [2.45, 2.75) is 18.6 Å². The number of ether oxygens (including phenoxy) is 2. The third kappa shape index (κ3) is 4.10. The zero-order chi connectivity index (χ0) is 19.3. The molecule has 2 rings (SSSR count). The van der Waals surface area contributed by atoms with Gasteiger partial charge in [0.1, 0.15) is 16.7 Å². The van der Waals surface area contributed by atoms with E-state index in [4.69, 9.17) is 14.6 Å². The van der Waals surface area contributed by atoms with Crippen LogP contribution in [0.25, 0.3) is 0 Å². The van der Waals surface area contributed by atoms with Gasteiger partial charge in [-0.2, -0.15) is 0 Å². The first kappa shape index (κ1) is 20.1. The number of benzene rings is 1. The molecule has 1 saturated heterocycles. The molecular formula is C17H22N2O6S. The summed E-state index contributed by atoms with van der Waals surface area (Å²) >= 11 is 0.821. The standard InChI is InChI=1S/C17H22N2O6S/c1-4-18(7-8-20)15(21)10-14-16(22)19(17(23)26-14)12-6-5-11(24-2)9-13(12)25-3/h5-6,9,14,20H,4,7-8,10H2,1-3H3. The Morgan fingerprint density at radius 1 is 1.31 bits per heavy atom. The molecule has 9 heteroatoms. The Bertz CT molecular complexity index is 696. The van der Waals surface area contributed by atoms with E-state index in [1.165, 1.54) is 19.1 Å². The van der Waals surface area contributed by atoms with Crippen LogP contribution in [0.15, 0.2) is 18.2 Å². The number of imide groups is 1. The quantitative estimate of drug-likeness (QED) is 0.728. The molecule has 1 aliphatic heterocycles. The molecule has 0 aromatic heterocycles. The van der Waals surface area contributed by atoms with E-state index in [0.29, 0.717) is 23.7 Å². The Balaban J connectivity index is 2.20. The van der Waals surface area contributed by atoms with Gasteiger partial charge in [-0.1, -0.05) is 0 Å². The molecular weight excluding hydrogens is 360 g/mol. The van der Waals surface area contributed by atoms with Crippen molar-refractivity contribution in [1.82, 2.24) is 4.90 Å². The highest BCUT2D eigenvalue weighted by Crippen LogP contribution is 2.39. The Morgan fingerprint density at radius 2 is 2.04 bits per heavy atom. The fourth-order valence-electron chi connectivity index (χ4n) is 2.64. The smallest absolute Gasteiger partial charge is 0.293 e. The van der Waals surface area contributed by atoms with Crippen LogP contribution in [0.2, 0.25) is 0 Å². The Kier molecular flexibility index (Phi) is 6.87. The maximum atomic E-state index is 12.7. The van der Waals surface area contributed by atoms with Crippen molar-refractivity contribution in [2.24, 2.45) is 0 Å². The van der Waals surface area contributed by atoms with E-state index in [9.17, 15) is 14.4 Å². The molecule has 0 saturated carbocycles. The normalized spacial score (nSPS) is 16.8. The highest BCUT2D eigenvalue weighted by Gasteiger charge is 2.43. The van der Waals surface area contributed by atoms with Gasteiger partial charge in [0.25, 0.3) is 5.24 Å². The second kappa shape index (κ2) is 8.91. The minimum absolute atomic E-state index is 0.0992. The molecule has 142 valence electrons. The zero-order valence-electron chi connectivity index (χ0n) is 14.9. The summed E-state index contributed by atoms with van der Waals surface area (Å²) in [5.74, 6) is 0.126. The summed E-state index contributed by atoms with van der Waals surface area (Å²) in [7, 11) is 2.94. The van der Waals surface area contributed by atoms with Crippen molar-refractivity contribution in [3.05, 3.63) is 18.2 Å². The van der Waals surface area contributed by atoms with Gasteiger partial charge in [-0.05, 0) is 30.8 Å². The number of amides is 3. The van der Waals surface area contributed by atoms with E-state index in [1.54, 1.807) is 25.1 Å². The lowest BCUT2D eigenvalue weighted by atomic mass is 10.2. The van der Waals surface area contributed by atoms with Crippen LogP contribution in [0.4, 0.5) is 10.5 Å². The lowest BCUT2D eigenvalue weighted by Gasteiger charge is -2.21. The molecule has 1 N–H and O–H groups in total. The average molecular weight is 382 g/mol. The van der Waals surface area contributed by atoms with Crippen molar-refractivity contribution < 1.29 is 29.0 Å². The van der Waals surface area contributed by atoms with Crippen LogP contribution in [0.1, 0.15) is 13.3 Å². The molecule has 8 nitrogen and oxygen atoms in total. The number of rotatable bonds is 8. The first-order valence-corrected chi connectivity index (χ1v) is 9.00. The first-order valence-electron chi connectivity index (χ1n) is 8.12. The van der Waals surface area contributed by atoms with E-state index in [1.807, 2.05) is 0 Å². The molecule has 0 bridgehead atoms. The zero-order valence-corrected chi connectivity index (χ0v) is 15.7. The number of carbonyl (C=O) groups is 3. The van der Waals surface area contributed by atoms with E-state index in [0.717, 1.165) is 16.7 Å². The predicted molar refractivity (Wildman–Crippen MR) is 97.8 cm³/mol. The summed E-state index contributed by atoms with van der Waals surface area (Å²) < 4.78 is 10.4. The predicted octanol–water partition coefficient (Wildman–Crippen LogP) is 1.50.